The lowest BCUT2D eigenvalue weighted by Gasteiger charge is -2.31. The summed E-state index contributed by atoms with van der Waals surface area (Å²) < 4.78 is 0. The molecule has 1 aromatic heterocycles. The van der Waals surface area contributed by atoms with Crippen LogP contribution in [0.25, 0.3) is 11.0 Å². The number of hydrogen-bond donors (Lipinski definition) is 3. The van der Waals surface area contributed by atoms with Crippen molar-refractivity contribution in [3.8, 4) is 0 Å². The maximum Gasteiger partial charge on any atom is 0.323 e. The van der Waals surface area contributed by atoms with Gasteiger partial charge in [0.15, 0.2) is 0 Å². The lowest BCUT2D eigenvalue weighted by molar-refractivity contribution is 0.218. The molecule has 2 heterocycles. The number of hydrogen-bond acceptors (Lipinski definition) is 3. The highest BCUT2D eigenvalue weighted by atomic mass is 16.1. The zero-order valence-electron chi connectivity index (χ0n) is 11.0. The average molecular weight is 260 g/mol. The van der Waals surface area contributed by atoms with Gasteiger partial charge in [-0.05, 0) is 49.5 Å². The first-order chi connectivity index (χ1) is 9.26. The smallest absolute Gasteiger partial charge is 0.323 e. The summed E-state index contributed by atoms with van der Waals surface area (Å²) >= 11 is 0. The van der Waals surface area contributed by atoms with E-state index in [1.54, 1.807) is 0 Å². The third-order valence-corrected chi connectivity index (χ3v) is 4.04. The number of likely N-dealkylation sites (tertiary alicyclic amines) is 1. The molecule has 1 saturated heterocycles. The second-order valence-corrected chi connectivity index (χ2v) is 5.29. The Bertz CT molecular complexity index is 607. The summed E-state index contributed by atoms with van der Waals surface area (Å²) in [5.41, 5.74) is 8.58. The zero-order chi connectivity index (χ0) is 13.2. The van der Waals surface area contributed by atoms with Crippen molar-refractivity contribution in [1.29, 1.82) is 0 Å². The monoisotopic (exact) mass is 260 g/mol. The van der Waals surface area contributed by atoms with Crippen LogP contribution in [0.5, 0.6) is 0 Å². The largest absolute Gasteiger partial charge is 0.329 e. The summed E-state index contributed by atoms with van der Waals surface area (Å²) in [4.78, 5) is 19.3. The molecule has 0 aliphatic carbocycles. The Kier molecular flexibility index (Phi) is 3.40. The van der Waals surface area contributed by atoms with E-state index in [1.807, 2.05) is 6.07 Å². The van der Waals surface area contributed by atoms with Gasteiger partial charge in [0.1, 0.15) is 0 Å². The number of nitrogens with zero attached hydrogens (tertiary/aromatic N) is 1. The van der Waals surface area contributed by atoms with Gasteiger partial charge in [-0.2, -0.15) is 0 Å². The van der Waals surface area contributed by atoms with Gasteiger partial charge in [-0.3, -0.25) is 0 Å². The summed E-state index contributed by atoms with van der Waals surface area (Å²) in [5, 5.41) is 0. The number of nitrogens with one attached hydrogen (secondary N) is 2. The molecule has 0 radical (unpaired) electrons. The Balaban J connectivity index is 1.76. The maximum atomic E-state index is 11.3. The summed E-state index contributed by atoms with van der Waals surface area (Å²) in [6, 6.07) is 6.24. The number of rotatable bonds is 3. The fourth-order valence-electron chi connectivity index (χ4n) is 2.98. The fraction of sp³-hybridized carbons (Fsp3) is 0.500. The van der Waals surface area contributed by atoms with Crippen LogP contribution in [0.1, 0.15) is 24.3 Å². The summed E-state index contributed by atoms with van der Waals surface area (Å²) in [6.45, 7) is 3.96. The van der Waals surface area contributed by atoms with Crippen LogP contribution in [0.4, 0.5) is 0 Å². The first kappa shape index (κ1) is 12.4. The molecule has 3 rings (SSSR count). The van der Waals surface area contributed by atoms with E-state index in [4.69, 9.17) is 5.73 Å². The molecule has 0 amide bonds. The number of nitrogens with two attached hydrogens (primary N) is 1. The lowest BCUT2D eigenvalue weighted by atomic mass is 9.89. The highest BCUT2D eigenvalue weighted by Crippen LogP contribution is 2.29. The number of imidazole rings is 1. The Labute approximate surface area is 111 Å². The van der Waals surface area contributed by atoms with Gasteiger partial charge in [0.2, 0.25) is 0 Å². The van der Waals surface area contributed by atoms with Gasteiger partial charge >= 0.3 is 5.69 Å². The van der Waals surface area contributed by atoms with Gasteiger partial charge in [0.05, 0.1) is 11.0 Å². The summed E-state index contributed by atoms with van der Waals surface area (Å²) in [6.07, 6.45) is 2.33. The van der Waals surface area contributed by atoms with Crippen LogP contribution in [0.15, 0.2) is 23.0 Å². The third-order valence-electron chi connectivity index (χ3n) is 4.04. The molecule has 0 atom stereocenters. The number of benzene rings is 1. The van der Waals surface area contributed by atoms with Crippen LogP contribution in [0, 0.1) is 0 Å². The number of fused-ring (bicyclic) bond motifs is 1. The van der Waals surface area contributed by atoms with E-state index in [-0.39, 0.29) is 5.69 Å². The van der Waals surface area contributed by atoms with Crippen molar-refractivity contribution in [3.63, 3.8) is 0 Å². The van der Waals surface area contributed by atoms with Crippen LogP contribution < -0.4 is 11.4 Å². The van der Waals surface area contributed by atoms with Crippen molar-refractivity contribution >= 4 is 11.0 Å². The Hall–Kier alpha value is -1.59. The van der Waals surface area contributed by atoms with Gasteiger partial charge in [-0.15, -0.1) is 0 Å². The van der Waals surface area contributed by atoms with Crippen molar-refractivity contribution in [2.24, 2.45) is 5.73 Å². The lowest BCUT2D eigenvalue weighted by Crippen LogP contribution is -2.36. The Morgan fingerprint density at radius 3 is 2.68 bits per heavy atom. The second-order valence-electron chi connectivity index (χ2n) is 5.29. The molecule has 0 spiro atoms. The molecular weight excluding hydrogens is 240 g/mol. The fourth-order valence-corrected chi connectivity index (χ4v) is 2.98. The quantitative estimate of drug-likeness (QED) is 0.770. The van der Waals surface area contributed by atoms with E-state index >= 15 is 0 Å². The van der Waals surface area contributed by atoms with E-state index < -0.39 is 0 Å². The zero-order valence-corrected chi connectivity index (χ0v) is 11.0. The highest BCUT2D eigenvalue weighted by molar-refractivity contribution is 5.75. The van der Waals surface area contributed by atoms with Crippen molar-refractivity contribution in [2.45, 2.75) is 18.8 Å². The third kappa shape index (κ3) is 2.57. The standard InChI is InChI=1S/C14H20N4O/c15-5-8-18-6-3-10(4-7-18)11-1-2-12-13(9-11)17-14(19)16-12/h1-2,9-10H,3-8,15H2,(H2,16,17,19). The molecule has 0 saturated carbocycles. The second kappa shape index (κ2) is 5.19. The Morgan fingerprint density at radius 1 is 1.21 bits per heavy atom. The molecular formula is C14H20N4O. The van der Waals surface area contributed by atoms with E-state index in [0.29, 0.717) is 5.92 Å². The predicted molar refractivity (Wildman–Crippen MR) is 76.4 cm³/mol. The predicted octanol–water partition coefficient (Wildman–Crippen LogP) is 0.994. The van der Waals surface area contributed by atoms with Gasteiger partial charge in [-0.25, -0.2) is 4.79 Å². The van der Waals surface area contributed by atoms with Gasteiger partial charge < -0.3 is 20.6 Å². The minimum Gasteiger partial charge on any atom is -0.329 e. The van der Waals surface area contributed by atoms with E-state index in [2.05, 4.69) is 27.0 Å². The molecule has 0 unspecified atom stereocenters. The van der Waals surface area contributed by atoms with Crippen molar-refractivity contribution < 1.29 is 0 Å². The van der Waals surface area contributed by atoms with Crippen molar-refractivity contribution in [2.75, 3.05) is 26.2 Å². The molecule has 19 heavy (non-hydrogen) atoms. The molecule has 5 nitrogen and oxygen atoms in total. The minimum atomic E-state index is -0.134. The molecule has 102 valence electrons. The van der Waals surface area contributed by atoms with Crippen LogP contribution in [-0.4, -0.2) is 41.0 Å². The average Bonchev–Trinajstić information content (AvgIpc) is 2.79. The van der Waals surface area contributed by atoms with Gasteiger partial charge in [0.25, 0.3) is 0 Å². The summed E-state index contributed by atoms with van der Waals surface area (Å²) in [7, 11) is 0. The number of aromatic nitrogens is 2. The van der Waals surface area contributed by atoms with Crippen LogP contribution >= 0.6 is 0 Å². The molecule has 5 heteroatoms. The Morgan fingerprint density at radius 2 is 1.95 bits per heavy atom. The van der Waals surface area contributed by atoms with E-state index in [0.717, 1.165) is 37.2 Å². The SMILES string of the molecule is NCCN1CCC(c2ccc3[nH]c(=O)[nH]c3c2)CC1. The van der Waals surface area contributed by atoms with Crippen molar-refractivity contribution in [1.82, 2.24) is 14.9 Å². The molecule has 1 aliphatic heterocycles. The first-order valence-electron chi connectivity index (χ1n) is 6.90. The highest BCUT2D eigenvalue weighted by Gasteiger charge is 2.20. The van der Waals surface area contributed by atoms with Gasteiger partial charge in [0, 0.05) is 13.1 Å². The van der Waals surface area contributed by atoms with Crippen LogP contribution in [0.3, 0.4) is 0 Å². The summed E-state index contributed by atoms with van der Waals surface area (Å²) in [5.74, 6) is 0.594. The van der Waals surface area contributed by atoms with E-state index in [1.165, 1.54) is 18.4 Å². The normalized spacial score (nSPS) is 18.2. The molecule has 0 bridgehead atoms. The van der Waals surface area contributed by atoms with E-state index in [9.17, 15) is 4.79 Å². The van der Waals surface area contributed by atoms with Gasteiger partial charge in [-0.1, -0.05) is 6.07 Å². The topological polar surface area (TPSA) is 77.9 Å². The molecule has 1 fully saturated rings. The minimum absolute atomic E-state index is 0.134. The van der Waals surface area contributed by atoms with Crippen LogP contribution in [-0.2, 0) is 0 Å². The number of piperidine rings is 1. The number of aromatic amines is 2. The molecule has 4 N–H and O–H groups in total. The molecule has 1 aromatic carbocycles. The molecule has 1 aliphatic rings. The maximum absolute atomic E-state index is 11.3. The number of H-pyrrole nitrogens is 2. The van der Waals surface area contributed by atoms with Crippen LogP contribution in [0.2, 0.25) is 0 Å². The molecule has 2 aromatic rings. The van der Waals surface area contributed by atoms with Crippen molar-refractivity contribution in [3.05, 3.63) is 34.2 Å². The first-order valence-corrected chi connectivity index (χ1v) is 6.90.